The molecule has 0 unspecified atom stereocenters. The number of aliphatic imine (C=N–C) groups is 1. The molecule has 0 bridgehead atoms. The summed E-state index contributed by atoms with van der Waals surface area (Å²) < 4.78 is 5.80. The average molecular weight is 438 g/mol. The summed E-state index contributed by atoms with van der Waals surface area (Å²) in [7, 11) is 0. The van der Waals surface area contributed by atoms with E-state index in [0.29, 0.717) is 24.5 Å². The molecule has 24 heavy (non-hydrogen) atoms. The van der Waals surface area contributed by atoms with Crippen LogP contribution >= 0.6 is 24.0 Å². The summed E-state index contributed by atoms with van der Waals surface area (Å²) >= 11 is 0. The third-order valence-electron chi connectivity index (χ3n) is 3.89. The lowest BCUT2D eigenvalue weighted by Gasteiger charge is -2.25. The largest absolute Gasteiger partial charge is 0.474 e. The number of aromatic nitrogens is 1. The Balaban J connectivity index is 0.00000208. The van der Waals surface area contributed by atoms with Crippen molar-refractivity contribution in [2.75, 3.05) is 5.32 Å². The summed E-state index contributed by atoms with van der Waals surface area (Å²) in [5, 5.41) is 3.09. The maximum Gasteiger partial charge on any atom is 0.213 e. The third-order valence-corrected chi connectivity index (χ3v) is 3.89. The molecule has 1 fully saturated rings. The van der Waals surface area contributed by atoms with Gasteiger partial charge in [0, 0.05) is 18.0 Å². The zero-order chi connectivity index (χ0) is 16.1. The molecule has 1 aromatic carbocycles. The van der Waals surface area contributed by atoms with Crippen molar-refractivity contribution in [3.8, 4) is 5.88 Å². The summed E-state index contributed by atoms with van der Waals surface area (Å²) in [5.41, 5.74) is 9.10. The smallest absolute Gasteiger partial charge is 0.213 e. The Bertz CT molecular complexity index is 684. The molecule has 0 aliphatic heterocycles. The number of rotatable bonds is 5. The molecule has 1 aromatic heterocycles. The van der Waals surface area contributed by atoms with Crippen molar-refractivity contribution in [3.63, 3.8) is 0 Å². The first-order chi connectivity index (χ1) is 11.2. The Kier molecular flexibility index (Phi) is 6.84. The second-order valence-electron chi connectivity index (χ2n) is 5.87. The number of guanidine groups is 1. The van der Waals surface area contributed by atoms with Crippen LogP contribution in [0.2, 0.25) is 0 Å². The van der Waals surface area contributed by atoms with Crippen molar-refractivity contribution in [1.82, 2.24) is 4.98 Å². The number of halogens is 1. The number of pyridine rings is 1. The van der Waals surface area contributed by atoms with Crippen molar-refractivity contribution in [1.29, 1.82) is 0 Å². The first-order valence-electron chi connectivity index (χ1n) is 7.94. The molecule has 3 rings (SSSR count). The van der Waals surface area contributed by atoms with Gasteiger partial charge in [-0.3, -0.25) is 0 Å². The zero-order valence-corrected chi connectivity index (χ0v) is 16.1. The summed E-state index contributed by atoms with van der Waals surface area (Å²) in [6.07, 6.45) is 5.57. The highest BCUT2D eigenvalue weighted by molar-refractivity contribution is 14.0. The van der Waals surface area contributed by atoms with E-state index in [2.05, 4.69) is 15.3 Å². The van der Waals surface area contributed by atoms with Crippen LogP contribution in [0, 0.1) is 6.92 Å². The molecule has 2 aromatic rings. The number of aryl methyl sites for hydroxylation is 1. The van der Waals surface area contributed by atoms with Crippen molar-refractivity contribution >= 4 is 35.6 Å². The van der Waals surface area contributed by atoms with Crippen LogP contribution < -0.4 is 15.8 Å². The number of nitrogens with zero attached hydrogens (tertiary/aromatic N) is 2. The van der Waals surface area contributed by atoms with Crippen LogP contribution in [0.25, 0.3) is 0 Å². The Morgan fingerprint density at radius 1 is 1.29 bits per heavy atom. The highest BCUT2D eigenvalue weighted by Crippen LogP contribution is 2.24. The molecule has 6 heteroatoms. The minimum atomic E-state index is 0. The zero-order valence-electron chi connectivity index (χ0n) is 13.7. The Morgan fingerprint density at radius 2 is 2.04 bits per heavy atom. The molecule has 1 heterocycles. The van der Waals surface area contributed by atoms with Crippen molar-refractivity contribution < 1.29 is 4.74 Å². The lowest BCUT2D eigenvalue weighted by Crippen LogP contribution is -2.25. The minimum Gasteiger partial charge on any atom is -0.474 e. The van der Waals surface area contributed by atoms with Gasteiger partial charge in [-0.2, -0.15) is 0 Å². The number of nitrogens with one attached hydrogen (secondary N) is 1. The molecule has 1 aliphatic carbocycles. The summed E-state index contributed by atoms with van der Waals surface area (Å²) in [6.45, 7) is 2.54. The van der Waals surface area contributed by atoms with Crippen molar-refractivity contribution in [3.05, 3.63) is 53.7 Å². The number of hydrogen-bond donors (Lipinski definition) is 2. The van der Waals surface area contributed by atoms with Gasteiger partial charge in [-0.1, -0.05) is 17.7 Å². The van der Waals surface area contributed by atoms with Crippen molar-refractivity contribution in [2.45, 2.75) is 38.8 Å². The van der Waals surface area contributed by atoms with E-state index in [4.69, 9.17) is 10.5 Å². The van der Waals surface area contributed by atoms with Gasteiger partial charge in [0.2, 0.25) is 5.88 Å². The predicted octanol–water partition coefficient (Wildman–Crippen LogP) is 3.87. The van der Waals surface area contributed by atoms with E-state index in [1.54, 1.807) is 6.20 Å². The van der Waals surface area contributed by atoms with Crippen LogP contribution in [-0.2, 0) is 6.54 Å². The number of anilines is 1. The molecule has 1 saturated carbocycles. The van der Waals surface area contributed by atoms with Crippen molar-refractivity contribution in [2.24, 2.45) is 10.7 Å². The van der Waals surface area contributed by atoms with Crippen LogP contribution in [-0.4, -0.2) is 17.0 Å². The van der Waals surface area contributed by atoms with Gasteiger partial charge in [0.25, 0.3) is 0 Å². The topological polar surface area (TPSA) is 72.5 Å². The normalized spacial score (nSPS) is 14.5. The fraction of sp³-hybridized carbons (Fsp3) is 0.333. The maximum absolute atomic E-state index is 5.93. The van der Waals surface area contributed by atoms with Gasteiger partial charge in [-0.05, 0) is 49.9 Å². The molecule has 0 amide bonds. The molecule has 0 saturated heterocycles. The van der Waals surface area contributed by atoms with E-state index in [1.165, 1.54) is 12.0 Å². The lowest BCUT2D eigenvalue weighted by atomic mass is 9.96. The van der Waals surface area contributed by atoms with Gasteiger partial charge < -0.3 is 15.8 Å². The van der Waals surface area contributed by atoms with E-state index < -0.39 is 0 Å². The Labute approximate surface area is 159 Å². The lowest BCUT2D eigenvalue weighted by molar-refractivity contribution is 0.114. The van der Waals surface area contributed by atoms with Crippen LogP contribution in [0.5, 0.6) is 5.88 Å². The van der Waals surface area contributed by atoms with E-state index in [1.807, 2.05) is 43.3 Å². The van der Waals surface area contributed by atoms with Gasteiger partial charge in [-0.15, -0.1) is 24.0 Å². The second-order valence-corrected chi connectivity index (χ2v) is 5.87. The van der Waals surface area contributed by atoms with E-state index in [-0.39, 0.29) is 24.0 Å². The van der Waals surface area contributed by atoms with Gasteiger partial charge in [0.15, 0.2) is 5.96 Å². The quantitative estimate of drug-likeness (QED) is 0.423. The number of ether oxygens (including phenoxy) is 1. The molecule has 128 valence electrons. The standard InChI is InChI=1S/C18H22N4O.HI/c1-13-5-7-15(8-6-13)22-18(19)21-12-14-9-10-20-17(11-14)23-16-3-2-4-16;/h5-11,16H,2-4,12H2,1H3,(H3,19,21,22);1H. The first-order valence-corrected chi connectivity index (χ1v) is 7.94. The van der Waals surface area contributed by atoms with Crippen LogP contribution in [0.3, 0.4) is 0 Å². The maximum atomic E-state index is 5.93. The SMILES string of the molecule is Cc1ccc(NC(N)=NCc2ccnc(OC3CCC3)c2)cc1.I. The summed E-state index contributed by atoms with van der Waals surface area (Å²) in [6, 6.07) is 11.9. The Hall–Kier alpha value is -1.83. The minimum absolute atomic E-state index is 0. The van der Waals surface area contributed by atoms with Crippen LogP contribution in [0.1, 0.15) is 30.4 Å². The molecule has 3 N–H and O–H groups in total. The average Bonchev–Trinajstić information content (AvgIpc) is 2.52. The van der Waals surface area contributed by atoms with Gasteiger partial charge in [0.1, 0.15) is 6.10 Å². The number of nitrogens with two attached hydrogens (primary N) is 1. The summed E-state index contributed by atoms with van der Waals surface area (Å²) in [4.78, 5) is 8.61. The van der Waals surface area contributed by atoms with E-state index in [0.717, 1.165) is 24.1 Å². The van der Waals surface area contributed by atoms with Gasteiger partial charge in [0.05, 0.1) is 6.54 Å². The molecule has 0 atom stereocenters. The van der Waals surface area contributed by atoms with Gasteiger partial charge >= 0.3 is 0 Å². The number of hydrogen-bond acceptors (Lipinski definition) is 3. The molecule has 0 radical (unpaired) electrons. The number of benzene rings is 1. The first kappa shape index (κ1) is 18.5. The monoisotopic (exact) mass is 438 g/mol. The molecule has 1 aliphatic rings. The molecule has 0 spiro atoms. The predicted molar refractivity (Wildman–Crippen MR) is 108 cm³/mol. The van der Waals surface area contributed by atoms with E-state index >= 15 is 0 Å². The molecular weight excluding hydrogens is 415 g/mol. The van der Waals surface area contributed by atoms with Crippen LogP contribution in [0.15, 0.2) is 47.6 Å². The third kappa shape index (κ3) is 5.36. The fourth-order valence-electron chi connectivity index (χ4n) is 2.27. The fourth-order valence-corrected chi connectivity index (χ4v) is 2.27. The van der Waals surface area contributed by atoms with E-state index in [9.17, 15) is 0 Å². The Morgan fingerprint density at radius 3 is 2.71 bits per heavy atom. The highest BCUT2D eigenvalue weighted by Gasteiger charge is 2.19. The molecule has 5 nitrogen and oxygen atoms in total. The summed E-state index contributed by atoms with van der Waals surface area (Å²) in [5.74, 6) is 1.07. The van der Waals surface area contributed by atoms with Gasteiger partial charge in [-0.25, -0.2) is 9.98 Å². The highest BCUT2D eigenvalue weighted by atomic mass is 127. The molecular formula is C18H23IN4O. The van der Waals surface area contributed by atoms with Crippen LogP contribution in [0.4, 0.5) is 5.69 Å². The second kappa shape index (κ2) is 8.86.